The van der Waals surface area contributed by atoms with Crippen LogP contribution in [0.4, 0.5) is 5.69 Å². The second-order valence-corrected chi connectivity index (χ2v) is 5.45. The van der Waals surface area contributed by atoms with E-state index in [-0.39, 0.29) is 5.91 Å². The van der Waals surface area contributed by atoms with Crippen LogP contribution in [0.3, 0.4) is 0 Å². The molecule has 0 saturated heterocycles. The fraction of sp³-hybridized carbons (Fsp3) is 0. The van der Waals surface area contributed by atoms with Gasteiger partial charge in [0.05, 0.1) is 11.6 Å². The molecule has 0 fully saturated rings. The fourth-order valence-electron chi connectivity index (χ4n) is 1.96. The maximum absolute atomic E-state index is 12.1. The molecule has 0 radical (unpaired) electrons. The number of anilines is 1. The lowest BCUT2D eigenvalue weighted by Crippen LogP contribution is -2.11. The van der Waals surface area contributed by atoms with E-state index < -0.39 is 0 Å². The van der Waals surface area contributed by atoms with Gasteiger partial charge in [-0.15, -0.1) is 11.3 Å². The molecule has 0 aliphatic rings. The van der Waals surface area contributed by atoms with E-state index in [4.69, 9.17) is 5.26 Å². The van der Waals surface area contributed by atoms with Gasteiger partial charge in [-0.3, -0.25) is 4.79 Å². The smallest absolute Gasteiger partial charge is 0.255 e. The van der Waals surface area contributed by atoms with E-state index in [1.807, 2.05) is 35.7 Å². The molecule has 0 spiro atoms. The molecule has 0 unspecified atom stereocenters. The first kappa shape index (κ1) is 14.0. The third-order valence-corrected chi connectivity index (χ3v) is 3.92. The van der Waals surface area contributed by atoms with Crippen LogP contribution in [0.15, 0.2) is 60.1 Å². The van der Waals surface area contributed by atoms with Crippen LogP contribution < -0.4 is 5.32 Å². The number of rotatable bonds is 3. The second-order valence-electron chi connectivity index (χ2n) is 4.56. The summed E-state index contributed by atoms with van der Waals surface area (Å²) < 4.78 is 0. The topological polar surface area (TPSA) is 65.8 Å². The van der Waals surface area contributed by atoms with Crippen LogP contribution in [0.2, 0.25) is 0 Å². The van der Waals surface area contributed by atoms with Crippen molar-refractivity contribution in [2.75, 3.05) is 5.32 Å². The Kier molecular flexibility index (Phi) is 3.95. The number of nitrogens with zero attached hydrogens (tertiary/aromatic N) is 2. The summed E-state index contributed by atoms with van der Waals surface area (Å²) in [6.07, 6.45) is 1.76. The molecular formula is C17H11N3OS. The lowest BCUT2D eigenvalue weighted by atomic mass is 10.1. The zero-order chi connectivity index (χ0) is 15.4. The Morgan fingerprint density at radius 3 is 2.41 bits per heavy atom. The van der Waals surface area contributed by atoms with Crippen molar-refractivity contribution in [3.63, 3.8) is 0 Å². The van der Waals surface area contributed by atoms with Crippen LogP contribution in [0, 0.1) is 11.3 Å². The van der Waals surface area contributed by atoms with Crippen molar-refractivity contribution in [2.24, 2.45) is 0 Å². The number of hydrogen-bond donors (Lipinski definition) is 1. The predicted octanol–water partition coefficient (Wildman–Crippen LogP) is 3.93. The average Bonchev–Trinajstić information content (AvgIpc) is 3.10. The maximum atomic E-state index is 12.1. The number of hydrogen-bond acceptors (Lipinski definition) is 4. The van der Waals surface area contributed by atoms with Crippen LogP contribution in [0.5, 0.6) is 0 Å². The first-order chi connectivity index (χ1) is 10.8. The highest BCUT2D eigenvalue weighted by Gasteiger charge is 2.06. The molecule has 4 nitrogen and oxygen atoms in total. The van der Waals surface area contributed by atoms with E-state index in [0.29, 0.717) is 11.1 Å². The molecule has 1 amide bonds. The molecule has 5 heteroatoms. The van der Waals surface area contributed by atoms with E-state index in [0.717, 1.165) is 16.3 Å². The number of nitriles is 1. The van der Waals surface area contributed by atoms with Crippen molar-refractivity contribution < 1.29 is 4.79 Å². The Morgan fingerprint density at radius 1 is 1.09 bits per heavy atom. The van der Waals surface area contributed by atoms with Gasteiger partial charge in [-0.1, -0.05) is 0 Å². The molecule has 0 aliphatic heterocycles. The van der Waals surface area contributed by atoms with Crippen molar-refractivity contribution in [3.8, 4) is 16.6 Å². The quantitative estimate of drug-likeness (QED) is 0.797. The van der Waals surface area contributed by atoms with Crippen molar-refractivity contribution in [1.29, 1.82) is 5.26 Å². The number of benzene rings is 2. The van der Waals surface area contributed by atoms with E-state index in [1.54, 1.807) is 41.8 Å². The molecule has 0 atom stereocenters. The van der Waals surface area contributed by atoms with E-state index in [2.05, 4.69) is 10.3 Å². The molecule has 106 valence electrons. The van der Waals surface area contributed by atoms with Gasteiger partial charge in [0.25, 0.3) is 5.91 Å². The molecule has 1 aromatic heterocycles. The number of aromatic nitrogens is 1. The first-order valence-corrected chi connectivity index (χ1v) is 7.46. The SMILES string of the molecule is N#Cc1ccc(C(=O)Nc2ccc(-c3nccs3)cc2)cc1. The predicted molar refractivity (Wildman–Crippen MR) is 86.7 cm³/mol. The summed E-state index contributed by atoms with van der Waals surface area (Å²) >= 11 is 1.57. The van der Waals surface area contributed by atoms with Crippen LogP contribution in [0.25, 0.3) is 10.6 Å². The van der Waals surface area contributed by atoms with Gasteiger partial charge in [0.15, 0.2) is 0 Å². The number of carbonyl (C=O) groups excluding carboxylic acids is 1. The Balaban J connectivity index is 1.72. The number of amides is 1. The van der Waals surface area contributed by atoms with Crippen molar-refractivity contribution in [3.05, 3.63) is 71.2 Å². The van der Waals surface area contributed by atoms with Gasteiger partial charge >= 0.3 is 0 Å². The fourth-order valence-corrected chi connectivity index (χ4v) is 2.61. The highest BCUT2D eigenvalue weighted by molar-refractivity contribution is 7.13. The van der Waals surface area contributed by atoms with Gasteiger partial charge in [-0.25, -0.2) is 4.98 Å². The third-order valence-electron chi connectivity index (χ3n) is 3.10. The minimum atomic E-state index is -0.202. The van der Waals surface area contributed by atoms with Gasteiger partial charge in [-0.05, 0) is 48.5 Å². The number of thiazole rings is 1. The molecule has 22 heavy (non-hydrogen) atoms. The van der Waals surface area contributed by atoms with Crippen molar-refractivity contribution in [2.45, 2.75) is 0 Å². The van der Waals surface area contributed by atoms with Crippen LogP contribution in [-0.2, 0) is 0 Å². The van der Waals surface area contributed by atoms with Crippen LogP contribution in [-0.4, -0.2) is 10.9 Å². The van der Waals surface area contributed by atoms with Gasteiger partial charge in [0, 0.05) is 28.4 Å². The minimum absolute atomic E-state index is 0.202. The van der Waals surface area contributed by atoms with Gasteiger partial charge in [0.2, 0.25) is 0 Å². The summed E-state index contributed by atoms with van der Waals surface area (Å²) in [5.74, 6) is -0.202. The molecule has 3 rings (SSSR count). The Morgan fingerprint density at radius 2 is 1.82 bits per heavy atom. The number of carbonyl (C=O) groups is 1. The first-order valence-electron chi connectivity index (χ1n) is 6.58. The largest absolute Gasteiger partial charge is 0.322 e. The third kappa shape index (κ3) is 3.03. The second kappa shape index (κ2) is 6.20. The summed E-state index contributed by atoms with van der Waals surface area (Å²) in [6.45, 7) is 0. The Hall–Kier alpha value is -2.97. The summed E-state index contributed by atoms with van der Waals surface area (Å²) in [7, 11) is 0. The molecule has 3 aromatic rings. The highest BCUT2D eigenvalue weighted by atomic mass is 32.1. The highest BCUT2D eigenvalue weighted by Crippen LogP contribution is 2.23. The summed E-state index contributed by atoms with van der Waals surface area (Å²) in [5.41, 5.74) is 2.79. The Bertz CT molecular complexity index is 816. The average molecular weight is 305 g/mol. The van der Waals surface area contributed by atoms with E-state index in [1.165, 1.54) is 0 Å². The normalized spacial score (nSPS) is 9.95. The van der Waals surface area contributed by atoms with Crippen LogP contribution in [0.1, 0.15) is 15.9 Å². The van der Waals surface area contributed by atoms with Crippen molar-refractivity contribution >= 4 is 22.9 Å². The van der Waals surface area contributed by atoms with E-state index in [9.17, 15) is 4.79 Å². The molecule has 0 bridgehead atoms. The zero-order valence-electron chi connectivity index (χ0n) is 11.5. The minimum Gasteiger partial charge on any atom is -0.322 e. The standard InChI is InChI=1S/C17H11N3OS/c18-11-12-1-3-13(4-2-12)16(21)20-15-7-5-14(6-8-15)17-19-9-10-22-17/h1-10H,(H,20,21). The van der Waals surface area contributed by atoms with Crippen LogP contribution >= 0.6 is 11.3 Å². The summed E-state index contributed by atoms with van der Waals surface area (Å²) in [5, 5.41) is 14.5. The van der Waals surface area contributed by atoms with E-state index >= 15 is 0 Å². The van der Waals surface area contributed by atoms with Crippen molar-refractivity contribution in [1.82, 2.24) is 4.98 Å². The lowest BCUT2D eigenvalue weighted by molar-refractivity contribution is 0.102. The van der Waals surface area contributed by atoms with Gasteiger partial charge < -0.3 is 5.32 Å². The zero-order valence-corrected chi connectivity index (χ0v) is 12.3. The number of nitrogens with one attached hydrogen (secondary N) is 1. The molecule has 0 aliphatic carbocycles. The van der Waals surface area contributed by atoms with Gasteiger partial charge in [0.1, 0.15) is 5.01 Å². The Labute approximate surface area is 131 Å². The molecule has 0 saturated carbocycles. The molecule has 2 aromatic carbocycles. The lowest BCUT2D eigenvalue weighted by Gasteiger charge is -2.06. The molecular weight excluding hydrogens is 294 g/mol. The molecule has 1 heterocycles. The summed E-state index contributed by atoms with van der Waals surface area (Å²) in [6, 6.07) is 16.1. The summed E-state index contributed by atoms with van der Waals surface area (Å²) in [4.78, 5) is 16.4. The van der Waals surface area contributed by atoms with Gasteiger partial charge in [-0.2, -0.15) is 5.26 Å². The maximum Gasteiger partial charge on any atom is 0.255 e. The monoisotopic (exact) mass is 305 g/mol. The molecule has 1 N–H and O–H groups in total.